The van der Waals surface area contributed by atoms with Crippen LogP contribution in [-0.4, -0.2) is 65.7 Å². The van der Waals surface area contributed by atoms with E-state index in [0.717, 1.165) is 13.1 Å². The normalized spacial score (nSPS) is 18.0. The molecule has 1 aromatic carbocycles. The van der Waals surface area contributed by atoms with Crippen LogP contribution in [0.15, 0.2) is 24.3 Å². The van der Waals surface area contributed by atoms with Gasteiger partial charge >= 0.3 is 6.03 Å². The molecule has 2 rings (SSSR count). The molecule has 0 bridgehead atoms. The van der Waals surface area contributed by atoms with Crippen molar-refractivity contribution in [3.05, 3.63) is 24.3 Å². The summed E-state index contributed by atoms with van der Waals surface area (Å²) < 4.78 is 0. The van der Waals surface area contributed by atoms with Gasteiger partial charge in [0.15, 0.2) is 0 Å². The van der Waals surface area contributed by atoms with E-state index in [1.54, 1.807) is 29.2 Å². The van der Waals surface area contributed by atoms with E-state index in [1.807, 2.05) is 0 Å². The molecule has 1 aliphatic heterocycles. The smallest absolute Gasteiger partial charge is 0.321 e. The van der Waals surface area contributed by atoms with Crippen molar-refractivity contribution < 1.29 is 14.7 Å². The standard InChI is InChI=1S/C19H30N4O3/c1-14(2)12-22-8-9-23(13-18(22)7-10-24)19(26)21-17-6-4-5-16(11-17)20-15(3)25/h4-6,11,14,18,24H,7-10,12-13H2,1-3H3,(H,20,25)(H,21,26)/t18-/m1/s1. The first kappa shape index (κ1) is 20.2. The van der Waals surface area contributed by atoms with Gasteiger partial charge in [-0.05, 0) is 30.5 Å². The van der Waals surface area contributed by atoms with Gasteiger partial charge in [-0.1, -0.05) is 19.9 Å². The highest BCUT2D eigenvalue weighted by Crippen LogP contribution is 2.18. The summed E-state index contributed by atoms with van der Waals surface area (Å²) in [6.45, 7) is 8.96. The number of amides is 3. The second-order valence-corrected chi connectivity index (χ2v) is 7.19. The van der Waals surface area contributed by atoms with E-state index in [0.29, 0.717) is 36.8 Å². The number of benzene rings is 1. The molecule has 7 heteroatoms. The Morgan fingerprint density at radius 3 is 2.54 bits per heavy atom. The topological polar surface area (TPSA) is 84.9 Å². The molecule has 1 fully saturated rings. The summed E-state index contributed by atoms with van der Waals surface area (Å²) >= 11 is 0. The Morgan fingerprint density at radius 1 is 1.23 bits per heavy atom. The van der Waals surface area contributed by atoms with Gasteiger partial charge in [-0.25, -0.2) is 4.79 Å². The largest absolute Gasteiger partial charge is 0.396 e. The number of hydrogen-bond acceptors (Lipinski definition) is 4. The average molecular weight is 362 g/mol. The number of anilines is 2. The first-order valence-corrected chi connectivity index (χ1v) is 9.17. The van der Waals surface area contributed by atoms with Crippen LogP contribution in [0.4, 0.5) is 16.2 Å². The predicted molar refractivity (Wildman–Crippen MR) is 103 cm³/mol. The van der Waals surface area contributed by atoms with Crippen LogP contribution in [0.25, 0.3) is 0 Å². The van der Waals surface area contributed by atoms with Gasteiger partial charge in [-0.3, -0.25) is 9.69 Å². The first-order chi connectivity index (χ1) is 12.4. The fraction of sp³-hybridized carbons (Fsp3) is 0.579. The van der Waals surface area contributed by atoms with E-state index >= 15 is 0 Å². The van der Waals surface area contributed by atoms with Crippen LogP contribution in [0.2, 0.25) is 0 Å². The number of aliphatic hydroxyl groups excluding tert-OH is 1. The van der Waals surface area contributed by atoms with Gasteiger partial charge in [0, 0.05) is 57.1 Å². The SMILES string of the molecule is CC(=O)Nc1cccc(NC(=O)N2CCN(CC(C)C)[C@H](CCO)C2)c1. The van der Waals surface area contributed by atoms with Gasteiger partial charge in [0.25, 0.3) is 0 Å². The Morgan fingerprint density at radius 2 is 1.92 bits per heavy atom. The summed E-state index contributed by atoms with van der Waals surface area (Å²) in [6, 6.07) is 7.11. The lowest BCUT2D eigenvalue weighted by molar-refractivity contribution is -0.114. The maximum atomic E-state index is 12.6. The van der Waals surface area contributed by atoms with Crippen LogP contribution in [-0.2, 0) is 4.79 Å². The van der Waals surface area contributed by atoms with Crippen LogP contribution < -0.4 is 10.6 Å². The summed E-state index contributed by atoms with van der Waals surface area (Å²) in [5.41, 5.74) is 1.29. The quantitative estimate of drug-likeness (QED) is 0.724. The lowest BCUT2D eigenvalue weighted by Gasteiger charge is -2.42. The first-order valence-electron chi connectivity index (χ1n) is 9.17. The van der Waals surface area contributed by atoms with Crippen molar-refractivity contribution in [1.82, 2.24) is 9.80 Å². The molecule has 3 amide bonds. The molecule has 1 heterocycles. The lowest BCUT2D eigenvalue weighted by Crippen LogP contribution is -2.56. The fourth-order valence-electron chi connectivity index (χ4n) is 3.29. The number of rotatable bonds is 6. The molecule has 0 spiro atoms. The molecule has 1 atom stereocenters. The van der Waals surface area contributed by atoms with Crippen LogP contribution in [0.5, 0.6) is 0 Å². The highest BCUT2D eigenvalue weighted by Gasteiger charge is 2.29. The summed E-state index contributed by atoms with van der Waals surface area (Å²) in [4.78, 5) is 28.0. The molecule has 26 heavy (non-hydrogen) atoms. The van der Waals surface area contributed by atoms with E-state index in [9.17, 15) is 14.7 Å². The Hall–Kier alpha value is -2.12. The molecular formula is C19H30N4O3. The van der Waals surface area contributed by atoms with E-state index in [4.69, 9.17) is 0 Å². The maximum absolute atomic E-state index is 12.6. The van der Waals surface area contributed by atoms with Crippen LogP contribution in [0, 0.1) is 5.92 Å². The molecule has 0 saturated carbocycles. The maximum Gasteiger partial charge on any atom is 0.321 e. The molecule has 3 N–H and O–H groups in total. The number of nitrogens with zero attached hydrogens (tertiary/aromatic N) is 2. The number of piperazine rings is 1. The van der Waals surface area contributed by atoms with Crippen molar-refractivity contribution in [3.63, 3.8) is 0 Å². The predicted octanol–water partition coefficient (Wildman–Crippen LogP) is 2.20. The average Bonchev–Trinajstić information content (AvgIpc) is 2.56. The molecule has 144 valence electrons. The summed E-state index contributed by atoms with van der Waals surface area (Å²) in [5.74, 6) is 0.398. The Bertz CT molecular complexity index is 621. The summed E-state index contributed by atoms with van der Waals surface area (Å²) in [5, 5.41) is 15.0. The van der Waals surface area contributed by atoms with Gasteiger partial charge in [0.1, 0.15) is 0 Å². The number of carbonyl (C=O) groups is 2. The van der Waals surface area contributed by atoms with Crippen LogP contribution in [0.1, 0.15) is 27.2 Å². The van der Waals surface area contributed by atoms with Crippen molar-refractivity contribution in [2.45, 2.75) is 33.2 Å². The minimum absolute atomic E-state index is 0.119. The molecule has 1 aromatic rings. The zero-order valence-corrected chi connectivity index (χ0v) is 15.9. The zero-order chi connectivity index (χ0) is 19.1. The summed E-state index contributed by atoms with van der Waals surface area (Å²) in [6.07, 6.45) is 0.661. The third-order valence-corrected chi connectivity index (χ3v) is 4.39. The highest BCUT2D eigenvalue weighted by atomic mass is 16.3. The number of nitrogens with one attached hydrogen (secondary N) is 2. The second kappa shape index (κ2) is 9.54. The van der Waals surface area contributed by atoms with Gasteiger partial charge < -0.3 is 20.6 Å². The van der Waals surface area contributed by atoms with Crippen molar-refractivity contribution in [3.8, 4) is 0 Å². The fourth-order valence-corrected chi connectivity index (χ4v) is 3.29. The minimum Gasteiger partial charge on any atom is -0.396 e. The van der Waals surface area contributed by atoms with E-state index in [2.05, 4.69) is 29.4 Å². The van der Waals surface area contributed by atoms with Crippen LogP contribution in [0.3, 0.4) is 0 Å². The Kier molecular flexibility index (Phi) is 7.41. The molecular weight excluding hydrogens is 332 g/mol. The van der Waals surface area contributed by atoms with Crippen LogP contribution >= 0.6 is 0 Å². The Balaban J connectivity index is 1.98. The van der Waals surface area contributed by atoms with E-state index in [1.165, 1.54) is 6.92 Å². The van der Waals surface area contributed by atoms with Gasteiger partial charge in [-0.2, -0.15) is 0 Å². The molecule has 0 radical (unpaired) electrons. The van der Waals surface area contributed by atoms with Crippen molar-refractivity contribution >= 4 is 23.3 Å². The highest BCUT2D eigenvalue weighted by molar-refractivity contribution is 5.92. The molecule has 1 aliphatic rings. The number of hydrogen-bond donors (Lipinski definition) is 3. The van der Waals surface area contributed by atoms with Gasteiger partial charge in [-0.15, -0.1) is 0 Å². The number of carbonyl (C=O) groups excluding carboxylic acids is 2. The third kappa shape index (κ3) is 6.00. The summed E-state index contributed by atoms with van der Waals surface area (Å²) in [7, 11) is 0. The van der Waals surface area contributed by atoms with E-state index < -0.39 is 0 Å². The molecule has 0 aliphatic carbocycles. The molecule has 0 aromatic heterocycles. The Labute approximate surface area is 155 Å². The van der Waals surface area contributed by atoms with Crippen molar-refractivity contribution in [2.24, 2.45) is 5.92 Å². The van der Waals surface area contributed by atoms with Gasteiger partial charge in [0.2, 0.25) is 5.91 Å². The number of urea groups is 1. The molecule has 7 nitrogen and oxygen atoms in total. The van der Waals surface area contributed by atoms with Gasteiger partial charge in [0.05, 0.1) is 0 Å². The monoisotopic (exact) mass is 362 g/mol. The zero-order valence-electron chi connectivity index (χ0n) is 15.9. The molecule has 1 saturated heterocycles. The molecule has 0 unspecified atom stereocenters. The van der Waals surface area contributed by atoms with E-state index in [-0.39, 0.29) is 24.6 Å². The third-order valence-electron chi connectivity index (χ3n) is 4.39. The lowest BCUT2D eigenvalue weighted by atomic mass is 10.1. The van der Waals surface area contributed by atoms with Crippen molar-refractivity contribution in [2.75, 3.05) is 43.4 Å². The van der Waals surface area contributed by atoms with Crippen molar-refractivity contribution in [1.29, 1.82) is 0 Å². The number of aliphatic hydroxyl groups is 1. The second-order valence-electron chi connectivity index (χ2n) is 7.19. The minimum atomic E-state index is -0.155.